The Labute approximate surface area is 122 Å². The van der Waals surface area contributed by atoms with Gasteiger partial charge in [0.15, 0.2) is 0 Å². The van der Waals surface area contributed by atoms with Crippen molar-refractivity contribution in [1.29, 1.82) is 0 Å². The second-order valence-corrected chi connectivity index (χ2v) is 6.00. The Morgan fingerprint density at radius 3 is 3.11 bits per heavy atom. The highest BCUT2D eigenvalue weighted by molar-refractivity contribution is 9.10. The van der Waals surface area contributed by atoms with Gasteiger partial charge < -0.3 is 10.1 Å². The van der Waals surface area contributed by atoms with E-state index in [9.17, 15) is 4.39 Å². The summed E-state index contributed by atoms with van der Waals surface area (Å²) in [5, 5.41) is 6.22. The molecule has 100 valence electrons. The van der Waals surface area contributed by atoms with Gasteiger partial charge >= 0.3 is 0 Å². The highest BCUT2D eigenvalue weighted by Gasteiger charge is 2.19. The number of thiazole rings is 1. The predicted molar refractivity (Wildman–Crippen MR) is 76.8 cm³/mol. The largest absolute Gasteiger partial charge is 0.368 e. The number of hydrogen-bond acceptors (Lipinski definition) is 4. The molecule has 1 aromatic carbocycles. The molecular formula is C13H12BrFN2OS. The fourth-order valence-electron chi connectivity index (χ4n) is 1.98. The van der Waals surface area contributed by atoms with Crippen molar-refractivity contribution >= 4 is 27.3 Å². The Bertz CT molecular complexity index is 584. The second kappa shape index (κ2) is 5.66. The normalized spacial score (nSPS) is 19.6. The first-order valence-electron chi connectivity index (χ1n) is 5.97. The summed E-state index contributed by atoms with van der Waals surface area (Å²) >= 11 is 4.94. The number of rotatable bonds is 2. The molecule has 1 atom stereocenters. The lowest BCUT2D eigenvalue weighted by atomic mass is 10.2. The summed E-state index contributed by atoms with van der Waals surface area (Å²) in [7, 11) is 0. The van der Waals surface area contributed by atoms with Crippen molar-refractivity contribution < 1.29 is 9.13 Å². The van der Waals surface area contributed by atoms with Gasteiger partial charge in [0, 0.05) is 28.5 Å². The Kier molecular flexibility index (Phi) is 3.93. The van der Waals surface area contributed by atoms with E-state index in [4.69, 9.17) is 4.74 Å². The molecule has 0 radical (unpaired) electrons. The Balaban J connectivity index is 1.87. The highest BCUT2D eigenvalue weighted by atomic mass is 79.9. The van der Waals surface area contributed by atoms with Crippen LogP contribution in [0.15, 0.2) is 28.1 Å². The molecule has 0 bridgehead atoms. The zero-order valence-electron chi connectivity index (χ0n) is 10.0. The maximum Gasteiger partial charge on any atom is 0.124 e. The lowest BCUT2D eigenvalue weighted by Gasteiger charge is -2.21. The van der Waals surface area contributed by atoms with Gasteiger partial charge in [-0.2, -0.15) is 0 Å². The third kappa shape index (κ3) is 2.86. The third-order valence-corrected chi connectivity index (χ3v) is 4.52. The van der Waals surface area contributed by atoms with Crippen LogP contribution in [0.2, 0.25) is 0 Å². The lowest BCUT2D eigenvalue weighted by Crippen LogP contribution is -2.33. The van der Waals surface area contributed by atoms with Crippen LogP contribution in [-0.4, -0.2) is 24.7 Å². The van der Waals surface area contributed by atoms with E-state index in [1.807, 2.05) is 5.38 Å². The van der Waals surface area contributed by atoms with Crippen LogP contribution in [-0.2, 0) is 4.74 Å². The minimum Gasteiger partial charge on any atom is -0.368 e. The molecule has 1 saturated heterocycles. The van der Waals surface area contributed by atoms with Gasteiger partial charge in [0.05, 0.1) is 12.3 Å². The maximum absolute atomic E-state index is 13.1. The van der Waals surface area contributed by atoms with Crippen LogP contribution < -0.4 is 5.32 Å². The van der Waals surface area contributed by atoms with E-state index in [1.165, 1.54) is 12.1 Å². The quantitative estimate of drug-likeness (QED) is 0.908. The molecule has 0 amide bonds. The topological polar surface area (TPSA) is 34.1 Å². The molecule has 1 aromatic heterocycles. The lowest BCUT2D eigenvalue weighted by molar-refractivity contribution is 0.0276. The molecular weight excluding hydrogens is 331 g/mol. The number of morpholine rings is 1. The van der Waals surface area contributed by atoms with Crippen LogP contribution in [0.5, 0.6) is 0 Å². The monoisotopic (exact) mass is 342 g/mol. The minimum atomic E-state index is -0.258. The number of nitrogens with one attached hydrogen (secondary N) is 1. The molecule has 1 aliphatic heterocycles. The number of benzene rings is 1. The van der Waals surface area contributed by atoms with Crippen LogP contribution in [0.3, 0.4) is 0 Å². The summed E-state index contributed by atoms with van der Waals surface area (Å²) in [5.41, 5.74) is 1.74. The molecule has 0 saturated carbocycles. The fraction of sp³-hybridized carbons (Fsp3) is 0.308. The van der Waals surface area contributed by atoms with Gasteiger partial charge in [-0.1, -0.05) is 0 Å². The van der Waals surface area contributed by atoms with E-state index in [1.54, 1.807) is 17.4 Å². The van der Waals surface area contributed by atoms with Crippen molar-refractivity contribution in [2.75, 3.05) is 19.7 Å². The first-order valence-corrected chi connectivity index (χ1v) is 7.64. The van der Waals surface area contributed by atoms with Crippen LogP contribution >= 0.6 is 27.3 Å². The van der Waals surface area contributed by atoms with Crippen LogP contribution in [0.4, 0.5) is 4.39 Å². The van der Waals surface area contributed by atoms with E-state index in [0.29, 0.717) is 11.1 Å². The van der Waals surface area contributed by atoms with Crippen LogP contribution in [0.1, 0.15) is 11.1 Å². The molecule has 1 aliphatic rings. The van der Waals surface area contributed by atoms with Gasteiger partial charge in [0.1, 0.15) is 16.9 Å². The van der Waals surface area contributed by atoms with Crippen molar-refractivity contribution in [3.63, 3.8) is 0 Å². The van der Waals surface area contributed by atoms with Crippen molar-refractivity contribution in [2.45, 2.75) is 6.10 Å². The molecule has 1 unspecified atom stereocenters. The maximum atomic E-state index is 13.1. The molecule has 3 nitrogen and oxygen atoms in total. The first-order chi connectivity index (χ1) is 9.24. The molecule has 1 fully saturated rings. The van der Waals surface area contributed by atoms with E-state index in [-0.39, 0.29) is 11.9 Å². The summed E-state index contributed by atoms with van der Waals surface area (Å²) in [5.74, 6) is -0.258. The van der Waals surface area contributed by atoms with Crippen molar-refractivity contribution in [1.82, 2.24) is 10.3 Å². The second-order valence-electron chi connectivity index (χ2n) is 4.26. The molecule has 2 heterocycles. The van der Waals surface area contributed by atoms with Crippen molar-refractivity contribution in [2.24, 2.45) is 0 Å². The SMILES string of the molecule is Fc1ccc(-c2csc(C3CNCCO3)n2)c(Br)c1. The Morgan fingerprint density at radius 2 is 2.37 bits per heavy atom. The summed E-state index contributed by atoms with van der Waals surface area (Å²) in [4.78, 5) is 4.60. The number of aromatic nitrogens is 1. The van der Waals surface area contributed by atoms with Crippen molar-refractivity contribution in [3.8, 4) is 11.3 Å². The van der Waals surface area contributed by atoms with E-state index < -0.39 is 0 Å². The predicted octanol–water partition coefficient (Wildman–Crippen LogP) is 3.37. The third-order valence-electron chi connectivity index (χ3n) is 2.93. The van der Waals surface area contributed by atoms with Gasteiger partial charge in [0.25, 0.3) is 0 Å². The van der Waals surface area contributed by atoms with Gasteiger partial charge in [-0.15, -0.1) is 11.3 Å². The smallest absolute Gasteiger partial charge is 0.124 e. The van der Waals surface area contributed by atoms with Crippen molar-refractivity contribution in [3.05, 3.63) is 38.9 Å². The van der Waals surface area contributed by atoms with Crippen LogP contribution in [0, 0.1) is 5.82 Å². The summed E-state index contributed by atoms with van der Waals surface area (Å²) in [6.07, 6.45) is 0.0201. The number of hydrogen-bond donors (Lipinski definition) is 1. The van der Waals surface area contributed by atoms with Gasteiger partial charge in [-0.3, -0.25) is 0 Å². The summed E-state index contributed by atoms with van der Waals surface area (Å²) in [6, 6.07) is 4.63. The molecule has 1 N–H and O–H groups in total. The molecule has 6 heteroatoms. The molecule has 0 spiro atoms. The first kappa shape index (κ1) is 13.2. The fourth-order valence-corrected chi connectivity index (χ4v) is 3.40. The molecule has 0 aliphatic carbocycles. The summed E-state index contributed by atoms with van der Waals surface area (Å²) in [6.45, 7) is 2.38. The number of halogens is 2. The average molecular weight is 343 g/mol. The molecule has 2 aromatic rings. The van der Waals surface area contributed by atoms with E-state index in [0.717, 1.165) is 29.4 Å². The molecule has 3 rings (SSSR count). The van der Waals surface area contributed by atoms with Crippen LogP contribution in [0.25, 0.3) is 11.3 Å². The molecule has 19 heavy (non-hydrogen) atoms. The minimum absolute atomic E-state index is 0.0201. The number of ether oxygens (including phenoxy) is 1. The van der Waals surface area contributed by atoms with Gasteiger partial charge in [0.2, 0.25) is 0 Å². The standard InChI is InChI=1S/C13H12BrFN2OS/c14-10-5-8(15)1-2-9(10)11-7-19-13(17-11)12-6-16-3-4-18-12/h1-2,5,7,12,16H,3-4,6H2. The zero-order chi connectivity index (χ0) is 13.2. The number of nitrogens with zero attached hydrogens (tertiary/aromatic N) is 1. The van der Waals surface area contributed by atoms with Gasteiger partial charge in [-0.05, 0) is 34.1 Å². The van der Waals surface area contributed by atoms with E-state index in [2.05, 4.69) is 26.2 Å². The zero-order valence-corrected chi connectivity index (χ0v) is 12.4. The summed E-state index contributed by atoms with van der Waals surface area (Å²) < 4.78 is 19.5. The van der Waals surface area contributed by atoms with Gasteiger partial charge in [-0.25, -0.2) is 9.37 Å². The highest BCUT2D eigenvalue weighted by Crippen LogP contribution is 2.32. The average Bonchev–Trinajstić information content (AvgIpc) is 2.89. The van der Waals surface area contributed by atoms with E-state index >= 15 is 0 Å². The Hall–Kier alpha value is -0.820. The Morgan fingerprint density at radius 1 is 1.47 bits per heavy atom.